The average molecular weight is 446 g/mol. The van der Waals surface area contributed by atoms with Crippen molar-refractivity contribution < 1.29 is 26.4 Å². The predicted molar refractivity (Wildman–Crippen MR) is 104 cm³/mol. The minimum Gasteiger partial charge on any atom is -0.322 e. The molecule has 0 bridgehead atoms. The molecule has 3 rings (SSSR count). The summed E-state index contributed by atoms with van der Waals surface area (Å²) in [7, 11) is -3.72. The fourth-order valence-electron chi connectivity index (χ4n) is 3.47. The van der Waals surface area contributed by atoms with Gasteiger partial charge < -0.3 is 5.32 Å². The number of hydrogen-bond donors (Lipinski definition) is 1. The molecule has 1 fully saturated rings. The molecule has 0 saturated heterocycles. The first-order valence-corrected chi connectivity index (χ1v) is 11.2. The second-order valence-corrected chi connectivity index (χ2v) is 9.55. The second kappa shape index (κ2) is 8.75. The van der Waals surface area contributed by atoms with Crippen molar-refractivity contribution >= 4 is 33.0 Å². The van der Waals surface area contributed by atoms with E-state index >= 15 is 0 Å². The van der Waals surface area contributed by atoms with E-state index in [0.717, 1.165) is 38.2 Å². The lowest BCUT2D eigenvalue weighted by Crippen LogP contribution is -2.20. The summed E-state index contributed by atoms with van der Waals surface area (Å²) in [6.07, 6.45) is 4.73. The Bertz CT molecular complexity index is 1010. The monoisotopic (exact) mass is 445 g/mol. The molecule has 9 heteroatoms. The van der Waals surface area contributed by atoms with E-state index in [9.17, 15) is 26.4 Å². The highest BCUT2D eigenvalue weighted by Gasteiger charge is 2.26. The van der Waals surface area contributed by atoms with Crippen LogP contribution in [-0.4, -0.2) is 20.1 Å². The molecule has 2 aromatic carbocycles. The molecule has 0 atom stereocenters. The summed E-state index contributed by atoms with van der Waals surface area (Å²) in [5.41, 5.74) is -0.352. The summed E-state index contributed by atoms with van der Waals surface area (Å²) in [5.74, 6) is -5.36. The van der Waals surface area contributed by atoms with Crippen molar-refractivity contribution in [3.05, 3.63) is 58.4 Å². The van der Waals surface area contributed by atoms with Gasteiger partial charge in [0.25, 0.3) is 5.91 Å². The molecule has 0 unspecified atom stereocenters. The maximum absolute atomic E-state index is 13.3. The molecule has 1 aliphatic carbocycles. The lowest BCUT2D eigenvalue weighted by atomic mass is 9.91. The summed E-state index contributed by atoms with van der Waals surface area (Å²) in [6.45, 7) is 0. The molecule has 1 saturated carbocycles. The van der Waals surface area contributed by atoms with Crippen LogP contribution in [-0.2, 0) is 9.84 Å². The predicted octanol–water partition coefficient (Wildman–Crippen LogP) is 5.36. The van der Waals surface area contributed by atoms with Crippen LogP contribution in [0.4, 0.5) is 18.9 Å². The van der Waals surface area contributed by atoms with Crippen LogP contribution >= 0.6 is 11.6 Å². The first-order valence-electron chi connectivity index (χ1n) is 9.15. The molecule has 29 heavy (non-hydrogen) atoms. The third-order valence-corrected chi connectivity index (χ3v) is 7.31. The van der Waals surface area contributed by atoms with Crippen LogP contribution in [0.5, 0.6) is 0 Å². The van der Waals surface area contributed by atoms with Crippen molar-refractivity contribution in [2.24, 2.45) is 5.92 Å². The first kappa shape index (κ1) is 21.6. The maximum Gasteiger partial charge on any atom is 0.255 e. The van der Waals surface area contributed by atoms with E-state index in [1.165, 1.54) is 12.1 Å². The SMILES string of the molecule is O=C(Nc1cc(F)c(F)c(F)c1)c1ccc(Cl)c(S(=O)(=O)CC2CCCCC2)c1. The highest BCUT2D eigenvalue weighted by Crippen LogP contribution is 2.30. The summed E-state index contributed by atoms with van der Waals surface area (Å²) >= 11 is 6.07. The Morgan fingerprint density at radius 1 is 1.03 bits per heavy atom. The number of amides is 1. The van der Waals surface area contributed by atoms with Crippen LogP contribution in [0.2, 0.25) is 5.02 Å². The Labute approximate surface area is 172 Å². The molecule has 0 radical (unpaired) electrons. The van der Waals surface area contributed by atoms with Crippen molar-refractivity contribution in [3.63, 3.8) is 0 Å². The van der Waals surface area contributed by atoms with Crippen LogP contribution in [0.3, 0.4) is 0 Å². The van der Waals surface area contributed by atoms with Crippen LogP contribution < -0.4 is 5.32 Å². The molecule has 0 spiro atoms. The van der Waals surface area contributed by atoms with Gasteiger partial charge in [-0.05, 0) is 37.0 Å². The number of benzene rings is 2. The minimum atomic E-state index is -3.72. The van der Waals surface area contributed by atoms with Gasteiger partial charge >= 0.3 is 0 Å². The first-order chi connectivity index (χ1) is 13.7. The Morgan fingerprint density at radius 2 is 1.66 bits per heavy atom. The Morgan fingerprint density at radius 3 is 2.28 bits per heavy atom. The standard InChI is InChI=1S/C20H19ClF3NO3S/c21-15-7-6-13(20(26)25-14-9-16(22)19(24)17(23)10-14)8-18(15)29(27,28)11-12-4-2-1-3-5-12/h6-10,12H,1-5,11H2,(H,25,26). The smallest absolute Gasteiger partial charge is 0.255 e. The van der Waals surface area contributed by atoms with Crippen molar-refractivity contribution in [1.82, 2.24) is 0 Å². The Hall–Kier alpha value is -2.06. The van der Waals surface area contributed by atoms with Gasteiger partial charge in [0.15, 0.2) is 27.3 Å². The normalized spacial score (nSPS) is 15.3. The largest absolute Gasteiger partial charge is 0.322 e. The lowest BCUT2D eigenvalue weighted by molar-refractivity contribution is 0.102. The molecule has 1 N–H and O–H groups in total. The van der Waals surface area contributed by atoms with Crippen LogP contribution in [0.25, 0.3) is 0 Å². The zero-order valence-electron chi connectivity index (χ0n) is 15.4. The number of hydrogen-bond acceptors (Lipinski definition) is 3. The van der Waals surface area contributed by atoms with Gasteiger partial charge in [-0.15, -0.1) is 0 Å². The Balaban J connectivity index is 1.83. The zero-order chi connectivity index (χ0) is 21.2. The molecule has 0 aliphatic heterocycles. The fraction of sp³-hybridized carbons (Fsp3) is 0.350. The number of carbonyl (C=O) groups excluding carboxylic acids is 1. The van der Waals surface area contributed by atoms with E-state index in [2.05, 4.69) is 5.32 Å². The van der Waals surface area contributed by atoms with Gasteiger partial charge in [0.05, 0.1) is 15.7 Å². The van der Waals surface area contributed by atoms with E-state index in [0.29, 0.717) is 12.1 Å². The third-order valence-electron chi connectivity index (χ3n) is 4.95. The van der Waals surface area contributed by atoms with Gasteiger partial charge in [-0.3, -0.25) is 4.79 Å². The number of sulfone groups is 1. The van der Waals surface area contributed by atoms with Crippen LogP contribution in [0.15, 0.2) is 35.2 Å². The molecule has 4 nitrogen and oxygen atoms in total. The molecule has 2 aromatic rings. The Kier molecular flexibility index (Phi) is 6.53. The number of halogens is 4. The maximum atomic E-state index is 13.3. The molecule has 1 aliphatic rings. The van der Waals surface area contributed by atoms with Gasteiger partial charge in [-0.1, -0.05) is 30.9 Å². The lowest BCUT2D eigenvalue weighted by Gasteiger charge is -2.21. The van der Waals surface area contributed by atoms with E-state index in [4.69, 9.17) is 11.6 Å². The molecular weight excluding hydrogens is 427 g/mol. The van der Waals surface area contributed by atoms with Gasteiger partial charge in [0, 0.05) is 23.4 Å². The minimum absolute atomic E-state index is 0.00349. The quantitative estimate of drug-likeness (QED) is 0.630. The number of nitrogens with one attached hydrogen (secondary N) is 1. The van der Waals surface area contributed by atoms with Crippen molar-refractivity contribution in [2.45, 2.75) is 37.0 Å². The fourth-order valence-corrected chi connectivity index (χ4v) is 5.74. The third kappa shape index (κ3) is 5.11. The highest BCUT2D eigenvalue weighted by molar-refractivity contribution is 7.91. The molecule has 0 heterocycles. The van der Waals surface area contributed by atoms with Gasteiger partial charge in [-0.25, -0.2) is 21.6 Å². The van der Waals surface area contributed by atoms with Gasteiger partial charge in [0.2, 0.25) is 0 Å². The molecular formula is C20H19ClF3NO3S. The van der Waals surface area contributed by atoms with E-state index < -0.39 is 33.2 Å². The topological polar surface area (TPSA) is 63.2 Å². The van der Waals surface area contributed by atoms with Crippen LogP contribution in [0.1, 0.15) is 42.5 Å². The average Bonchev–Trinajstić information content (AvgIpc) is 2.66. The van der Waals surface area contributed by atoms with Gasteiger partial charge in [-0.2, -0.15) is 0 Å². The number of rotatable bonds is 5. The summed E-state index contributed by atoms with van der Waals surface area (Å²) < 4.78 is 65.3. The molecule has 1 amide bonds. The summed E-state index contributed by atoms with van der Waals surface area (Å²) in [6, 6.07) is 5.00. The second-order valence-electron chi connectivity index (χ2n) is 7.14. The summed E-state index contributed by atoms with van der Waals surface area (Å²) in [5, 5.41) is 2.22. The van der Waals surface area contributed by atoms with E-state index in [1.54, 1.807) is 0 Å². The summed E-state index contributed by atoms with van der Waals surface area (Å²) in [4.78, 5) is 12.3. The van der Waals surface area contributed by atoms with E-state index in [1.807, 2.05) is 0 Å². The number of anilines is 1. The van der Waals surface area contributed by atoms with Gasteiger partial charge in [0.1, 0.15) is 0 Å². The molecule has 156 valence electrons. The highest BCUT2D eigenvalue weighted by atomic mass is 35.5. The van der Waals surface area contributed by atoms with Crippen molar-refractivity contribution in [1.29, 1.82) is 0 Å². The molecule has 0 aromatic heterocycles. The van der Waals surface area contributed by atoms with Crippen LogP contribution in [0, 0.1) is 23.4 Å². The van der Waals surface area contributed by atoms with E-state index in [-0.39, 0.29) is 32.8 Å². The van der Waals surface area contributed by atoms with Crippen molar-refractivity contribution in [3.8, 4) is 0 Å². The zero-order valence-corrected chi connectivity index (χ0v) is 16.9. The number of carbonyl (C=O) groups is 1. The van der Waals surface area contributed by atoms with Crippen molar-refractivity contribution in [2.75, 3.05) is 11.1 Å².